The number of fused-ring (bicyclic) bond motifs is 1. The molecule has 0 aromatic heterocycles. The maximum absolute atomic E-state index is 12.9. The number of anilines is 1. The van der Waals surface area contributed by atoms with E-state index in [9.17, 15) is 9.18 Å². The van der Waals surface area contributed by atoms with E-state index in [0.29, 0.717) is 16.6 Å². The zero-order valence-electron chi connectivity index (χ0n) is 6.03. The number of hydrogen-bond donors (Lipinski definition) is 1. The van der Waals surface area contributed by atoms with Gasteiger partial charge in [-0.25, -0.2) is 4.39 Å². The number of rotatable bonds is 0. The summed E-state index contributed by atoms with van der Waals surface area (Å²) in [5.41, 5.74) is 1.41. The Kier molecular flexibility index (Phi) is 1.65. The van der Waals surface area contributed by atoms with Crippen LogP contribution in [-0.2, 0) is 11.2 Å². The minimum atomic E-state index is -0.351. The summed E-state index contributed by atoms with van der Waals surface area (Å²) in [4.78, 5) is 10.9. The van der Waals surface area contributed by atoms with Gasteiger partial charge in [-0.1, -0.05) is 6.07 Å². The molecule has 1 heterocycles. The summed E-state index contributed by atoms with van der Waals surface area (Å²) in [7, 11) is 0. The summed E-state index contributed by atoms with van der Waals surface area (Å²) in [6.07, 6.45) is 0.341. The molecule has 0 aliphatic carbocycles. The van der Waals surface area contributed by atoms with Crippen molar-refractivity contribution in [2.24, 2.45) is 0 Å². The van der Waals surface area contributed by atoms with Gasteiger partial charge in [-0.05, 0) is 27.6 Å². The monoisotopic (exact) mass is 229 g/mol. The highest BCUT2D eigenvalue weighted by Gasteiger charge is 2.21. The second kappa shape index (κ2) is 2.55. The van der Waals surface area contributed by atoms with E-state index in [1.165, 1.54) is 6.07 Å². The summed E-state index contributed by atoms with van der Waals surface area (Å²) in [5, 5.41) is 2.58. The number of nitrogens with one attached hydrogen (secondary N) is 1. The lowest BCUT2D eigenvalue weighted by Crippen LogP contribution is -2.04. The number of carbonyl (C=O) groups excluding carboxylic acids is 1. The first kappa shape index (κ1) is 7.73. The molecule has 1 aliphatic rings. The normalized spacial score (nSPS) is 14.3. The molecule has 62 valence electrons. The lowest BCUT2D eigenvalue weighted by molar-refractivity contribution is -0.115. The third-order valence-corrected chi connectivity index (χ3v) is 2.57. The molecule has 1 amide bonds. The Hall–Kier alpha value is -0.900. The van der Waals surface area contributed by atoms with E-state index in [1.807, 2.05) is 0 Å². The topological polar surface area (TPSA) is 29.1 Å². The second-order valence-corrected chi connectivity index (χ2v) is 3.41. The minimum Gasteiger partial charge on any atom is -0.324 e. The average molecular weight is 230 g/mol. The van der Waals surface area contributed by atoms with Crippen LogP contribution in [0.3, 0.4) is 0 Å². The highest BCUT2D eigenvalue weighted by molar-refractivity contribution is 9.10. The first-order valence-electron chi connectivity index (χ1n) is 3.45. The van der Waals surface area contributed by atoms with Crippen molar-refractivity contribution in [2.45, 2.75) is 6.42 Å². The summed E-state index contributed by atoms with van der Waals surface area (Å²) in [6, 6.07) is 2.97. The van der Waals surface area contributed by atoms with Gasteiger partial charge in [0.15, 0.2) is 0 Å². The van der Waals surface area contributed by atoms with Gasteiger partial charge in [0.05, 0.1) is 16.6 Å². The van der Waals surface area contributed by atoms with Crippen LogP contribution >= 0.6 is 15.9 Å². The van der Waals surface area contributed by atoms with E-state index in [4.69, 9.17) is 0 Å². The Labute approximate surface area is 76.9 Å². The fourth-order valence-electron chi connectivity index (χ4n) is 1.23. The predicted molar refractivity (Wildman–Crippen MR) is 46.4 cm³/mol. The predicted octanol–water partition coefficient (Wildman–Crippen LogP) is 2.08. The van der Waals surface area contributed by atoms with Crippen molar-refractivity contribution in [1.82, 2.24) is 0 Å². The van der Waals surface area contributed by atoms with Crippen LogP contribution in [0.1, 0.15) is 5.56 Å². The molecule has 2 nitrogen and oxygen atoms in total. The molecule has 1 aromatic carbocycles. The van der Waals surface area contributed by atoms with Crippen LogP contribution in [0, 0.1) is 5.82 Å². The first-order chi connectivity index (χ1) is 5.68. The van der Waals surface area contributed by atoms with Crippen LogP contribution < -0.4 is 5.32 Å². The van der Waals surface area contributed by atoms with Crippen molar-refractivity contribution >= 4 is 27.5 Å². The van der Waals surface area contributed by atoms with Gasteiger partial charge in [-0.3, -0.25) is 4.79 Å². The van der Waals surface area contributed by atoms with Crippen LogP contribution in [0.5, 0.6) is 0 Å². The van der Waals surface area contributed by atoms with Crippen molar-refractivity contribution in [3.63, 3.8) is 0 Å². The zero-order valence-corrected chi connectivity index (χ0v) is 7.61. The summed E-state index contributed by atoms with van der Waals surface area (Å²) in [6.45, 7) is 0. The Morgan fingerprint density at radius 1 is 1.50 bits per heavy atom. The van der Waals surface area contributed by atoms with Crippen LogP contribution in [0.25, 0.3) is 0 Å². The molecular weight excluding hydrogens is 225 g/mol. The van der Waals surface area contributed by atoms with Gasteiger partial charge in [0, 0.05) is 0 Å². The van der Waals surface area contributed by atoms with Crippen molar-refractivity contribution in [1.29, 1.82) is 0 Å². The number of benzene rings is 1. The molecule has 1 aromatic rings. The first-order valence-corrected chi connectivity index (χ1v) is 4.24. The fourth-order valence-corrected chi connectivity index (χ4v) is 1.72. The molecule has 0 saturated heterocycles. The van der Waals surface area contributed by atoms with Gasteiger partial charge in [0.1, 0.15) is 5.82 Å². The largest absolute Gasteiger partial charge is 0.324 e. The molecule has 0 bridgehead atoms. The van der Waals surface area contributed by atoms with Crippen LogP contribution in [0.15, 0.2) is 16.6 Å². The molecule has 0 spiro atoms. The van der Waals surface area contributed by atoms with E-state index in [2.05, 4.69) is 21.2 Å². The minimum absolute atomic E-state index is 0.0868. The number of amides is 1. The quantitative estimate of drug-likeness (QED) is 0.726. The van der Waals surface area contributed by atoms with Crippen molar-refractivity contribution in [3.05, 3.63) is 28.0 Å². The highest BCUT2D eigenvalue weighted by atomic mass is 79.9. The lowest BCUT2D eigenvalue weighted by atomic mass is 10.2. The highest BCUT2D eigenvalue weighted by Crippen LogP contribution is 2.33. The number of carbonyl (C=O) groups is 1. The summed E-state index contributed by atoms with van der Waals surface area (Å²) in [5.74, 6) is -0.438. The van der Waals surface area contributed by atoms with E-state index in [-0.39, 0.29) is 11.7 Å². The number of hydrogen-bond acceptors (Lipinski definition) is 1. The third kappa shape index (κ3) is 1.03. The maximum atomic E-state index is 12.9. The second-order valence-electron chi connectivity index (χ2n) is 2.62. The van der Waals surface area contributed by atoms with Gasteiger partial charge in [-0.15, -0.1) is 0 Å². The fraction of sp³-hybridized carbons (Fsp3) is 0.125. The van der Waals surface area contributed by atoms with E-state index in [0.717, 1.165) is 5.56 Å². The van der Waals surface area contributed by atoms with Gasteiger partial charge in [-0.2, -0.15) is 0 Å². The van der Waals surface area contributed by atoms with E-state index < -0.39 is 0 Å². The molecule has 0 atom stereocenters. The Morgan fingerprint density at radius 3 is 3.00 bits per heavy atom. The Bertz CT molecular complexity index is 364. The molecule has 2 rings (SSSR count). The number of halogens is 2. The smallest absolute Gasteiger partial charge is 0.228 e. The molecule has 1 aliphatic heterocycles. The molecule has 4 heteroatoms. The van der Waals surface area contributed by atoms with Gasteiger partial charge < -0.3 is 5.32 Å². The summed E-state index contributed by atoms with van der Waals surface area (Å²) < 4.78 is 13.2. The van der Waals surface area contributed by atoms with E-state index in [1.54, 1.807) is 6.07 Å². The average Bonchev–Trinajstić information content (AvgIpc) is 2.39. The molecule has 1 N–H and O–H groups in total. The molecule has 12 heavy (non-hydrogen) atoms. The van der Waals surface area contributed by atoms with Crippen molar-refractivity contribution in [3.8, 4) is 0 Å². The maximum Gasteiger partial charge on any atom is 0.228 e. The zero-order chi connectivity index (χ0) is 8.72. The third-order valence-electron chi connectivity index (χ3n) is 1.80. The molecule has 0 radical (unpaired) electrons. The van der Waals surface area contributed by atoms with Gasteiger partial charge in [0.2, 0.25) is 5.91 Å². The molecular formula is C8H5BrFNO. The summed E-state index contributed by atoms with van der Waals surface area (Å²) >= 11 is 3.07. The van der Waals surface area contributed by atoms with Crippen molar-refractivity contribution < 1.29 is 9.18 Å². The Balaban J connectivity index is 2.61. The molecule has 0 fully saturated rings. The lowest BCUT2D eigenvalue weighted by Gasteiger charge is -2.01. The van der Waals surface area contributed by atoms with Gasteiger partial charge >= 0.3 is 0 Å². The standard InChI is InChI=1S/C8H5BrFNO/c9-7-5(10)2-1-4-3-6(12)11-8(4)7/h1-2H,3H2,(H,11,12). The van der Waals surface area contributed by atoms with Gasteiger partial charge in [0.25, 0.3) is 0 Å². The SMILES string of the molecule is O=C1Cc2ccc(F)c(Br)c2N1. The van der Waals surface area contributed by atoms with Crippen molar-refractivity contribution in [2.75, 3.05) is 5.32 Å². The molecule has 0 saturated carbocycles. The van der Waals surface area contributed by atoms with Crippen LogP contribution in [-0.4, -0.2) is 5.91 Å². The Morgan fingerprint density at radius 2 is 2.25 bits per heavy atom. The molecule has 0 unspecified atom stereocenters. The van der Waals surface area contributed by atoms with Crippen LogP contribution in [0.2, 0.25) is 0 Å². The van der Waals surface area contributed by atoms with E-state index >= 15 is 0 Å². The van der Waals surface area contributed by atoms with Crippen LogP contribution in [0.4, 0.5) is 10.1 Å².